The number of rotatable bonds is 2. The maximum atomic E-state index is 6.44. The second-order valence-corrected chi connectivity index (χ2v) is 6.65. The van der Waals surface area contributed by atoms with E-state index in [1.165, 1.54) is 12.2 Å². The number of hydrogen-bond donors (Lipinski definition) is 1. The number of imidazole rings is 1. The van der Waals surface area contributed by atoms with Gasteiger partial charge in [-0.3, -0.25) is 0 Å². The molecule has 2 aliphatic heterocycles. The van der Waals surface area contributed by atoms with E-state index in [-0.39, 0.29) is 11.6 Å². The van der Waals surface area contributed by atoms with Gasteiger partial charge in [0.15, 0.2) is 0 Å². The van der Waals surface area contributed by atoms with E-state index in [2.05, 4.69) is 4.98 Å². The summed E-state index contributed by atoms with van der Waals surface area (Å²) >= 11 is 2.01. The van der Waals surface area contributed by atoms with E-state index >= 15 is 0 Å². The lowest BCUT2D eigenvalue weighted by molar-refractivity contribution is -0.0837. The Morgan fingerprint density at radius 3 is 3.22 bits per heavy atom. The van der Waals surface area contributed by atoms with Crippen LogP contribution in [0.25, 0.3) is 0 Å². The van der Waals surface area contributed by atoms with Crippen LogP contribution in [0.5, 0.6) is 0 Å². The van der Waals surface area contributed by atoms with Crippen molar-refractivity contribution in [3.05, 3.63) is 18.2 Å². The molecule has 3 rings (SSSR count). The molecule has 4 nitrogen and oxygen atoms in total. The first-order valence-corrected chi connectivity index (χ1v) is 7.79. The zero-order valence-corrected chi connectivity index (χ0v) is 11.7. The van der Waals surface area contributed by atoms with E-state index in [1.807, 2.05) is 35.9 Å². The van der Waals surface area contributed by atoms with Crippen LogP contribution in [0, 0.1) is 5.92 Å². The molecule has 2 saturated heterocycles. The number of aromatic nitrogens is 2. The third kappa shape index (κ3) is 2.19. The summed E-state index contributed by atoms with van der Waals surface area (Å²) in [5, 5.41) is 0. The van der Waals surface area contributed by atoms with Crippen LogP contribution < -0.4 is 5.73 Å². The van der Waals surface area contributed by atoms with Crippen molar-refractivity contribution in [3.63, 3.8) is 0 Å². The summed E-state index contributed by atoms with van der Waals surface area (Å²) in [6.07, 6.45) is 7.09. The average Bonchev–Trinajstić information content (AvgIpc) is 2.98. The number of aryl methyl sites for hydroxylation is 1. The number of thioether (sulfide) groups is 1. The van der Waals surface area contributed by atoms with Gasteiger partial charge in [0.1, 0.15) is 0 Å². The molecule has 18 heavy (non-hydrogen) atoms. The van der Waals surface area contributed by atoms with Crippen LogP contribution in [0.3, 0.4) is 0 Å². The first kappa shape index (κ1) is 12.5. The Kier molecular flexibility index (Phi) is 3.38. The van der Waals surface area contributed by atoms with Crippen LogP contribution in [-0.4, -0.2) is 33.3 Å². The highest BCUT2D eigenvalue weighted by atomic mass is 32.2. The maximum Gasteiger partial charge on any atom is 0.0946 e. The number of ether oxygens (including phenoxy) is 1. The molecule has 3 unspecified atom stereocenters. The van der Waals surface area contributed by atoms with E-state index in [0.717, 1.165) is 30.9 Å². The quantitative estimate of drug-likeness (QED) is 0.886. The van der Waals surface area contributed by atoms with Crippen molar-refractivity contribution in [3.8, 4) is 0 Å². The molecule has 100 valence electrons. The van der Waals surface area contributed by atoms with Crippen molar-refractivity contribution < 1.29 is 4.74 Å². The zero-order valence-electron chi connectivity index (χ0n) is 10.8. The van der Waals surface area contributed by atoms with Gasteiger partial charge in [0.25, 0.3) is 0 Å². The van der Waals surface area contributed by atoms with Crippen molar-refractivity contribution in [2.45, 2.75) is 30.9 Å². The first-order valence-electron chi connectivity index (χ1n) is 6.64. The van der Waals surface area contributed by atoms with Crippen LogP contribution >= 0.6 is 11.8 Å². The zero-order chi connectivity index (χ0) is 12.6. The summed E-state index contributed by atoms with van der Waals surface area (Å²) in [5.74, 6) is 2.89. The van der Waals surface area contributed by atoms with Gasteiger partial charge >= 0.3 is 0 Å². The average molecular weight is 267 g/mol. The number of nitrogens with two attached hydrogens (primary N) is 1. The molecule has 0 aromatic carbocycles. The van der Waals surface area contributed by atoms with E-state index in [4.69, 9.17) is 10.5 Å². The summed E-state index contributed by atoms with van der Waals surface area (Å²) in [7, 11) is 2.02. The SMILES string of the molecule is Cn1cncc1C(N)C1CCOC2(CCSC2)C1. The molecular formula is C13H21N3OS. The molecule has 0 amide bonds. The van der Waals surface area contributed by atoms with Crippen molar-refractivity contribution in [1.82, 2.24) is 9.55 Å². The van der Waals surface area contributed by atoms with Crippen molar-refractivity contribution in [2.24, 2.45) is 18.7 Å². The monoisotopic (exact) mass is 267 g/mol. The van der Waals surface area contributed by atoms with Crippen LogP contribution in [-0.2, 0) is 11.8 Å². The predicted molar refractivity (Wildman–Crippen MR) is 73.5 cm³/mol. The minimum absolute atomic E-state index is 0.0869. The third-order valence-corrected chi connectivity index (χ3v) is 5.52. The Hall–Kier alpha value is -0.520. The van der Waals surface area contributed by atoms with Gasteiger partial charge < -0.3 is 15.0 Å². The Labute approximate surface area is 112 Å². The lowest BCUT2D eigenvalue weighted by atomic mass is 9.80. The molecule has 2 fully saturated rings. The van der Waals surface area contributed by atoms with Crippen LogP contribution in [0.2, 0.25) is 0 Å². The van der Waals surface area contributed by atoms with Crippen LogP contribution in [0.4, 0.5) is 0 Å². The molecule has 1 spiro atoms. The van der Waals surface area contributed by atoms with E-state index in [9.17, 15) is 0 Å². The second kappa shape index (κ2) is 4.87. The van der Waals surface area contributed by atoms with E-state index in [1.54, 1.807) is 0 Å². The fraction of sp³-hybridized carbons (Fsp3) is 0.769. The maximum absolute atomic E-state index is 6.44. The van der Waals surface area contributed by atoms with Crippen LogP contribution in [0.1, 0.15) is 31.0 Å². The Bertz CT molecular complexity index is 414. The number of nitrogens with zero attached hydrogens (tertiary/aromatic N) is 2. The topological polar surface area (TPSA) is 53.1 Å². The van der Waals surface area contributed by atoms with Gasteiger partial charge in [-0.15, -0.1) is 0 Å². The minimum Gasteiger partial charge on any atom is -0.374 e. The Morgan fingerprint density at radius 2 is 2.56 bits per heavy atom. The smallest absolute Gasteiger partial charge is 0.0946 e. The Morgan fingerprint density at radius 1 is 1.67 bits per heavy atom. The van der Waals surface area contributed by atoms with Gasteiger partial charge in [0, 0.05) is 31.6 Å². The van der Waals surface area contributed by atoms with Gasteiger partial charge in [-0.2, -0.15) is 11.8 Å². The fourth-order valence-corrected chi connectivity index (χ4v) is 4.54. The molecule has 3 atom stereocenters. The van der Waals surface area contributed by atoms with Crippen LogP contribution in [0.15, 0.2) is 12.5 Å². The summed E-state index contributed by atoms with van der Waals surface area (Å²) in [5.41, 5.74) is 7.70. The number of hydrogen-bond acceptors (Lipinski definition) is 4. The highest BCUT2D eigenvalue weighted by Gasteiger charge is 2.42. The second-order valence-electron chi connectivity index (χ2n) is 5.54. The highest BCUT2D eigenvalue weighted by molar-refractivity contribution is 7.99. The van der Waals surface area contributed by atoms with Gasteiger partial charge in [0.2, 0.25) is 0 Å². The molecule has 5 heteroatoms. The van der Waals surface area contributed by atoms with Crippen molar-refractivity contribution in [1.29, 1.82) is 0 Å². The molecule has 1 aromatic heterocycles. The fourth-order valence-electron chi connectivity index (χ4n) is 3.17. The molecular weight excluding hydrogens is 246 g/mol. The van der Waals surface area contributed by atoms with Crippen molar-refractivity contribution in [2.75, 3.05) is 18.1 Å². The molecule has 0 bridgehead atoms. The summed E-state index contributed by atoms with van der Waals surface area (Å²) in [4.78, 5) is 4.17. The molecule has 0 radical (unpaired) electrons. The van der Waals surface area contributed by atoms with Crippen molar-refractivity contribution >= 4 is 11.8 Å². The Balaban J connectivity index is 1.74. The molecule has 0 saturated carbocycles. The lowest BCUT2D eigenvalue weighted by Crippen LogP contribution is -2.43. The summed E-state index contributed by atoms with van der Waals surface area (Å²) < 4.78 is 8.09. The molecule has 2 N–H and O–H groups in total. The normalized spacial score (nSPS) is 34.0. The van der Waals surface area contributed by atoms with E-state index < -0.39 is 0 Å². The van der Waals surface area contributed by atoms with E-state index in [0.29, 0.717) is 5.92 Å². The summed E-state index contributed by atoms with van der Waals surface area (Å²) in [6, 6.07) is 0.0869. The molecule has 1 aromatic rings. The van der Waals surface area contributed by atoms with Gasteiger partial charge in [-0.1, -0.05) is 0 Å². The lowest BCUT2D eigenvalue weighted by Gasteiger charge is -2.40. The predicted octanol–water partition coefficient (Wildman–Crippen LogP) is 1.72. The first-order chi connectivity index (χ1) is 8.70. The molecule has 2 aliphatic rings. The third-order valence-electron chi connectivity index (χ3n) is 4.30. The molecule has 0 aliphatic carbocycles. The molecule has 3 heterocycles. The minimum atomic E-state index is 0.0869. The van der Waals surface area contributed by atoms with Gasteiger partial charge in [-0.05, 0) is 30.9 Å². The van der Waals surface area contributed by atoms with Gasteiger partial charge in [-0.25, -0.2) is 4.98 Å². The largest absolute Gasteiger partial charge is 0.374 e. The van der Waals surface area contributed by atoms with Gasteiger partial charge in [0.05, 0.1) is 17.6 Å². The highest BCUT2D eigenvalue weighted by Crippen LogP contribution is 2.43. The standard InChI is InChI=1S/C13H21N3OS/c1-16-9-15-7-11(16)12(14)10-2-4-17-13(6-10)3-5-18-8-13/h7,9-10,12H,2-6,8,14H2,1H3. The summed E-state index contributed by atoms with van der Waals surface area (Å²) in [6.45, 7) is 0.858.